The normalized spacial score (nSPS) is 12.6. The van der Waals surface area contributed by atoms with E-state index in [1.165, 1.54) is 23.5 Å². The highest BCUT2D eigenvalue weighted by Crippen LogP contribution is 2.21. The van der Waals surface area contributed by atoms with E-state index in [0.29, 0.717) is 15.1 Å². The lowest BCUT2D eigenvalue weighted by molar-refractivity contribution is 0.486. The summed E-state index contributed by atoms with van der Waals surface area (Å²) in [5, 5.41) is 0. The Labute approximate surface area is 181 Å². The first-order valence-electron chi connectivity index (χ1n) is 9.44. The maximum absolute atomic E-state index is 12.9. The van der Waals surface area contributed by atoms with E-state index in [1.807, 2.05) is 31.2 Å². The Hall–Kier alpha value is -3.49. The van der Waals surface area contributed by atoms with E-state index in [9.17, 15) is 13.2 Å². The van der Waals surface area contributed by atoms with Gasteiger partial charge in [-0.2, -0.15) is 8.42 Å². The van der Waals surface area contributed by atoms with Gasteiger partial charge in [-0.25, -0.2) is 9.38 Å². The maximum atomic E-state index is 12.9. The molecule has 5 rings (SSSR count). The summed E-state index contributed by atoms with van der Waals surface area (Å²) in [6, 6.07) is 20.5. The zero-order chi connectivity index (χ0) is 21.6. The van der Waals surface area contributed by atoms with Gasteiger partial charge in [-0.3, -0.25) is 4.79 Å². The molecule has 6 nitrogen and oxygen atoms in total. The SMILES string of the molecule is Cc1ccc(S(=O)(=O)Oc2cccc(/C=c3/sc4nc5ccccc5n4c3=O)c2)cc1. The van der Waals surface area contributed by atoms with Crippen LogP contribution in [0.5, 0.6) is 5.75 Å². The molecule has 0 aliphatic rings. The predicted octanol–water partition coefficient (Wildman–Crippen LogP) is 3.53. The zero-order valence-corrected chi connectivity index (χ0v) is 18.0. The average Bonchev–Trinajstić information content (AvgIpc) is 3.24. The van der Waals surface area contributed by atoms with Crippen molar-refractivity contribution < 1.29 is 12.6 Å². The van der Waals surface area contributed by atoms with Gasteiger partial charge >= 0.3 is 10.1 Å². The van der Waals surface area contributed by atoms with E-state index >= 15 is 0 Å². The summed E-state index contributed by atoms with van der Waals surface area (Å²) >= 11 is 1.29. The number of nitrogens with zero attached hydrogens (tertiary/aromatic N) is 2. The summed E-state index contributed by atoms with van der Waals surface area (Å²) in [5.41, 5.74) is 2.99. The molecule has 0 spiro atoms. The van der Waals surface area contributed by atoms with Crippen LogP contribution in [0.15, 0.2) is 82.5 Å². The van der Waals surface area contributed by atoms with Crippen molar-refractivity contribution in [2.45, 2.75) is 11.8 Å². The van der Waals surface area contributed by atoms with Gasteiger partial charge in [0.25, 0.3) is 5.56 Å². The van der Waals surface area contributed by atoms with Crippen LogP contribution in [0.25, 0.3) is 22.1 Å². The van der Waals surface area contributed by atoms with Crippen molar-refractivity contribution in [3.63, 3.8) is 0 Å². The summed E-state index contributed by atoms with van der Waals surface area (Å²) in [6.07, 6.45) is 1.71. The third kappa shape index (κ3) is 3.60. The molecule has 0 atom stereocenters. The highest BCUT2D eigenvalue weighted by molar-refractivity contribution is 7.87. The molecular formula is C23H16N2O4S2. The van der Waals surface area contributed by atoms with E-state index in [2.05, 4.69) is 4.98 Å². The largest absolute Gasteiger partial charge is 0.379 e. The van der Waals surface area contributed by atoms with Gasteiger partial charge in [0.2, 0.25) is 0 Å². The van der Waals surface area contributed by atoms with Crippen molar-refractivity contribution in [3.05, 3.63) is 98.8 Å². The fraction of sp³-hybridized carbons (Fsp3) is 0.0435. The molecule has 0 saturated carbocycles. The zero-order valence-electron chi connectivity index (χ0n) is 16.3. The molecule has 2 heterocycles. The quantitative estimate of drug-likeness (QED) is 0.393. The van der Waals surface area contributed by atoms with Gasteiger partial charge in [-0.15, -0.1) is 0 Å². The molecule has 0 radical (unpaired) electrons. The molecule has 0 bridgehead atoms. The Morgan fingerprint density at radius 2 is 1.77 bits per heavy atom. The van der Waals surface area contributed by atoms with Crippen molar-refractivity contribution in [2.75, 3.05) is 0 Å². The predicted molar refractivity (Wildman–Crippen MR) is 121 cm³/mol. The Bertz CT molecular complexity index is 1650. The van der Waals surface area contributed by atoms with Crippen molar-refractivity contribution in [2.24, 2.45) is 0 Å². The van der Waals surface area contributed by atoms with Gasteiger partial charge in [0, 0.05) is 0 Å². The number of rotatable bonds is 4. The van der Waals surface area contributed by atoms with Gasteiger partial charge in [0.15, 0.2) is 4.96 Å². The number of imidazole rings is 1. The van der Waals surface area contributed by atoms with Crippen LogP contribution < -0.4 is 14.3 Å². The topological polar surface area (TPSA) is 77.7 Å². The van der Waals surface area contributed by atoms with Gasteiger partial charge in [-0.05, 0) is 55.0 Å². The van der Waals surface area contributed by atoms with Crippen LogP contribution in [-0.4, -0.2) is 17.8 Å². The Morgan fingerprint density at radius 1 is 1.00 bits per heavy atom. The average molecular weight is 449 g/mol. The molecule has 0 saturated heterocycles. The lowest BCUT2D eigenvalue weighted by atomic mass is 10.2. The number of benzene rings is 3. The molecule has 0 aliphatic carbocycles. The Balaban J connectivity index is 1.52. The van der Waals surface area contributed by atoms with Crippen LogP contribution >= 0.6 is 11.3 Å². The number of thiazole rings is 1. The van der Waals surface area contributed by atoms with Crippen LogP contribution in [-0.2, 0) is 10.1 Å². The number of para-hydroxylation sites is 2. The highest BCUT2D eigenvalue weighted by atomic mass is 32.2. The van der Waals surface area contributed by atoms with E-state index < -0.39 is 10.1 Å². The van der Waals surface area contributed by atoms with Crippen molar-refractivity contribution in [1.82, 2.24) is 9.38 Å². The summed E-state index contributed by atoms with van der Waals surface area (Å²) in [5.74, 6) is 0.175. The van der Waals surface area contributed by atoms with Crippen molar-refractivity contribution in [1.29, 1.82) is 0 Å². The standard InChI is InChI=1S/C23H16N2O4S2/c1-15-9-11-18(12-10-15)31(27,28)29-17-6-4-5-16(13-17)14-21-22(26)25-20-8-3-2-7-19(20)24-23(25)30-21/h2-14H,1H3/b21-14+. The second kappa shape index (κ2) is 7.33. The molecular weight excluding hydrogens is 432 g/mol. The summed E-state index contributed by atoms with van der Waals surface area (Å²) in [7, 11) is -3.95. The van der Waals surface area contributed by atoms with Gasteiger partial charge in [0.1, 0.15) is 10.6 Å². The molecule has 154 valence electrons. The van der Waals surface area contributed by atoms with Crippen LogP contribution in [0.1, 0.15) is 11.1 Å². The lowest BCUT2D eigenvalue weighted by Crippen LogP contribution is -2.22. The first kappa shape index (κ1) is 19.5. The number of fused-ring (bicyclic) bond motifs is 3. The molecule has 2 aromatic heterocycles. The van der Waals surface area contributed by atoms with Crippen LogP contribution in [0, 0.1) is 6.92 Å². The number of aromatic nitrogens is 2. The summed E-state index contributed by atoms with van der Waals surface area (Å²) in [6.45, 7) is 1.88. The first-order chi connectivity index (χ1) is 14.9. The first-order valence-corrected chi connectivity index (χ1v) is 11.7. The van der Waals surface area contributed by atoms with Crippen LogP contribution in [0.3, 0.4) is 0 Å². The smallest absolute Gasteiger partial charge is 0.339 e. The lowest BCUT2D eigenvalue weighted by Gasteiger charge is -2.07. The third-order valence-electron chi connectivity index (χ3n) is 4.82. The Kier molecular flexibility index (Phi) is 4.60. The van der Waals surface area contributed by atoms with Gasteiger partial charge in [-0.1, -0.05) is 53.3 Å². The van der Waals surface area contributed by atoms with E-state index in [1.54, 1.807) is 46.9 Å². The van der Waals surface area contributed by atoms with Crippen molar-refractivity contribution >= 4 is 43.5 Å². The second-order valence-electron chi connectivity index (χ2n) is 7.06. The maximum Gasteiger partial charge on any atom is 0.339 e. The van der Waals surface area contributed by atoms with Gasteiger partial charge < -0.3 is 4.18 Å². The van der Waals surface area contributed by atoms with E-state index in [0.717, 1.165) is 16.6 Å². The van der Waals surface area contributed by atoms with Crippen LogP contribution in [0.2, 0.25) is 0 Å². The molecule has 0 fully saturated rings. The number of aryl methyl sites for hydroxylation is 1. The minimum absolute atomic E-state index is 0.0840. The summed E-state index contributed by atoms with van der Waals surface area (Å²) in [4.78, 5) is 18.1. The van der Waals surface area contributed by atoms with E-state index in [-0.39, 0.29) is 16.2 Å². The molecule has 0 unspecified atom stereocenters. The van der Waals surface area contributed by atoms with E-state index in [4.69, 9.17) is 4.18 Å². The minimum atomic E-state index is -3.95. The molecule has 8 heteroatoms. The monoisotopic (exact) mass is 448 g/mol. The summed E-state index contributed by atoms with van der Waals surface area (Å²) < 4.78 is 32.5. The van der Waals surface area contributed by atoms with Crippen LogP contribution in [0.4, 0.5) is 0 Å². The van der Waals surface area contributed by atoms with Crippen molar-refractivity contribution in [3.8, 4) is 5.75 Å². The molecule has 0 aliphatic heterocycles. The third-order valence-corrected chi connectivity index (χ3v) is 7.05. The highest BCUT2D eigenvalue weighted by Gasteiger charge is 2.16. The molecule has 31 heavy (non-hydrogen) atoms. The fourth-order valence-corrected chi connectivity index (χ4v) is 5.21. The molecule has 5 aromatic rings. The minimum Gasteiger partial charge on any atom is -0.379 e. The number of hydrogen-bond donors (Lipinski definition) is 0. The number of hydrogen-bond acceptors (Lipinski definition) is 6. The molecule has 0 amide bonds. The molecule has 3 aromatic carbocycles. The second-order valence-corrected chi connectivity index (χ2v) is 9.61. The molecule has 0 N–H and O–H groups in total. The fourth-order valence-electron chi connectivity index (χ4n) is 3.30. The van der Waals surface area contributed by atoms with Gasteiger partial charge in [0.05, 0.1) is 15.6 Å². The Morgan fingerprint density at radius 3 is 2.58 bits per heavy atom.